The third-order valence-corrected chi connectivity index (χ3v) is 2.97. The predicted octanol–water partition coefficient (Wildman–Crippen LogP) is 3.40. The molecule has 1 aliphatic rings. The highest BCUT2D eigenvalue weighted by molar-refractivity contribution is 5.43. The Balaban J connectivity index is 2.74. The molecule has 0 N–H and O–H groups in total. The van der Waals surface area contributed by atoms with Crippen LogP contribution in [0, 0.1) is 18.6 Å². The molecule has 0 radical (unpaired) electrons. The van der Waals surface area contributed by atoms with Crippen molar-refractivity contribution < 1.29 is 13.2 Å². The second-order valence-corrected chi connectivity index (χ2v) is 4.02. The molecule has 3 heteroatoms. The molecule has 76 valence electrons. The molecule has 14 heavy (non-hydrogen) atoms. The zero-order valence-corrected chi connectivity index (χ0v) is 8.13. The zero-order valence-electron chi connectivity index (χ0n) is 8.13. The molecule has 0 amide bonds. The average Bonchev–Trinajstić information content (AvgIpc) is 2.38. The molecule has 1 aliphatic carbocycles. The Morgan fingerprint density at radius 2 is 1.93 bits per heavy atom. The SMILES string of the molecule is Cc1c(F)cc(F)c2c1CCC2(C)F. The first-order chi connectivity index (χ1) is 6.43. The Kier molecular flexibility index (Phi) is 1.88. The van der Waals surface area contributed by atoms with E-state index in [1.807, 2.05) is 0 Å². The van der Waals surface area contributed by atoms with E-state index in [2.05, 4.69) is 0 Å². The van der Waals surface area contributed by atoms with Crippen LogP contribution in [-0.2, 0) is 12.1 Å². The molecule has 2 rings (SSSR count). The summed E-state index contributed by atoms with van der Waals surface area (Å²) in [5, 5.41) is 0. The fraction of sp³-hybridized carbons (Fsp3) is 0.455. The zero-order chi connectivity index (χ0) is 10.5. The summed E-state index contributed by atoms with van der Waals surface area (Å²) >= 11 is 0. The monoisotopic (exact) mass is 200 g/mol. The van der Waals surface area contributed by atoms with E-state index in [9.17, 15) is 13.2 Å². The van der Waals surface area contributed by atoms with Gasteiger partial charge in [0.2, 0.25) is 0 Å². The summed E-state index contributed by atoms with van der Waals surface area (Å²) in [6, 6.07) is 0.775. The van der Waals surface area contributed by atoms with Crippen LogP contribution in [0.4, 0.5) is 13.2 Å². The lowest BCUT2D eigenvalue weighted by Gasteiger charge is -2.15. The second-order valence-electron chi connectivity index (χ2n) is 4.02. The molecule has 0 nitrogen and oxygen atoms in total. The Bertz CT molecular complexity index is 394. The Labute approximate surface area is 80.7 Å². The van der Waals surface area contributed by atoms with Gasteiger partial charge in [0.25, 0.3) is 0 Å². The number of alkyl halides is 1. The van der Waals surface area contributed by atoms with Gasteiger partial charge in [-0.05, 0) is 37.8 Å². The molecule has 1 atom stereocenters. The van der Waals surface area contributed by atoms with Crippen molar-refractivity contribution in [1.82, 2.24) is 0 Å². The number of hydrogen-bond donors (Lipinski definition) is 0. The van der Waals surface area contributed by atoms with Gasteiger partial charge in [-0.2, -0.15) is 0 Å². The van der Waals surface area contributed by atoms with Gasteiger partial charge in [-0.25, -0.2) is 13.2 Å². The topological polar surface area (TPSA) is 0 Å². The van der Waals surface area contributed by atoms with Gasteiger partial charge >= 0.3 is 0 Å². The standard InChI is InChI=1S/C11H11F3/c1-6-7-3-4-11(2,14)10(7)9(13)5-8(6)12/h5H,3-4H2,1-2H3. The van der Waals surface area contributed by atoms with Crippen molar-refractivity contribution in [3.05, 3.63) is 34.4 Å². The van der Waals surface area contributed by atoms with E-state index >= 15 is 0 Å². The van der Waals surface area contributed by atoms with E-state index in [-0.39, 0.29) is 12.0 Å². The van der Waals surface area contributed by atoms with Crippen molar-refractivity contribution >= 4 is 0 Å². The van der Waals surface area contributed by atoms with E-state index in [1.165, 1.54) is 6.92 Å². The van der Waals surface area contributed by atoms with Crippen LogP contribution in [0.2, 0.25) is 0 Å². The summed E-state index contributed by atoms with van der Waals surface area (Å²) < 4.78 is 40.3. The van der Waals surface area contributed by atoms with Gasteiger partial charge in [-0.15, -0.1) is 0 Å². The minimum Gasteiger partial charge on any atom is -0.239 e. The largest absolute Gasteiger partial charge is 0.239 e. The van der Waals surface area contributed by atoms with Crippen molar-refractivity contribution in [2.24, 2.45) is 0 Å². The van der Waals surface area contributed by atoms with Gasteiger partial charge in [0.15, 0.2) is 0 Å². The lowest BCUT2D eigenvalue weighted by atomic mass is 9.97. The molecular formula is C11H11F3. The fourth-order valence-electron chi connectivity index (χ4n) is 2.13. The fourth-order valence-corrected chi connectivity index (χ4v) is 2.13. The van der Waals surface area contributed by atoms with Crippen molar-refractivity contribution in [3.63, 3.8) is 0 Å². The van der Waals surface area contributed by atoms with Crippen LogP contribution in [0.5, 0.6) is 0 Å². The van der Waals surface area contributed by atoms with E-state index < -0.39 is 17.3 Å². The van der Waals surface area contributed by atoms with Crippen LogP contribution in [-0.4, -0.2) is 0 Å². The van der Waals surface area contributed by atoms with Crippen molar-refractivity contribution in [3.8, 4) is 0 Å². The maximum Gasteiger partial charge on any atom is 0.136 e. The summed E-state index contributed by atoms with van der Waals surface area (Å²) in [7, 11) is 0. The third kappa shape index (κ3) is 1.15. The minimum atomic E-state index is -1.64. The Hall–Kier alpha value is -0.990. The van der Waals surface area contributed by atoms with Gasteiger partial charge in [-0.3, -0.25) is 0 Å². The molecule has 1 unspecified atom stereocenters. The van der Waals surface area contributed by atoms with E-state index in [0.717, 1.165) is 6.07 Å². The molecule has 0 saturated carbocycles. The minimum absolute atomic E-state index is 0.0522. The first kappa shape index (κ1) is 9.56. The van der Waals surface area contributed by atoms with Gasteiger partial charge in [0.05, 0.1) is 0 Å². The highest BCUT2D eigenvalue weighted by Gasteiger charge is 2.38. The molecule has 1 aromatic rings. The molecular weight excluding hydrogens is 189 g/mol. The van der Waals surface area contributed by atoms with Crippen LogP contribution >= 0.6 is 0 Å². The lowest BCUT2D eigenvalue weighted by molar-refractivity contribution is 0.188. The van der Waals surface area contributed by atoms with Crippen LogP contribution in [0.25, 0.3) is 0 Å². The lowest BCUT2D eigenvalue weighted by Crippen LogP contribution is -2.12. The van der Waals surface area contributed by atoms with Crippen LogP contribution in [0.15, 0.2) is 6.07 Å². The summed E-state index contributed by atoms with van der Waals surface area (Å²) in [6.45, 7) is 2.91. The molecule has 0 saturated heterocycles. The first-order valence-corrected chi connectivity index (χ1v) is 4.60. The van der Waals surface area contributed by atoms with Crippen LogP contribution < -0.4 is 0 Å². The normalized spacial score (nSPS) is 25.2. The number of hydrogen-bond acceptors (Lipinski definition) is 0. The van der Waals surface area contributed by atoms with Crippen molar-refractivity contribution in [2.45, 2.75) is 32.4 Å². The highest BCUT2D eigenvalue weighted by Crippen LogP contribution is 2.43. The summed E-state index contributed by atoms with van der Waals surface area (Å²) in [4.78, 5) is 0. The quantitative estimate of drug-likeness (QED) is 0.602. The summed E-state index contributed by atoms with van der Waals surface area (Å²) in [6.07, 6.45) is 0.659. The van der Waals surface area contributed by atoms with Crippen molar-refractivity contribution in [1.29, 1.82) is 0 Å². The average molecular weight is 200 g/mol. The molecule has 0 aromatic heterocycles. The maximum absolute atomic E-state index is 13.8. The van der Waals surface area contributed by atoms with Crippen LogP contribution in [0.3, 0.4) is 0 Å². The van der Waals surface area contributed by atoms with E-state index in [0.29, 0.717) is 17.5 Å². The molecule has 0 spiro atoms. The summed E-state index contributed by atoms with van der Waals surface area (Å²) in [5.74, 6) is -1.34. The number of halogens is 3. The first-order valence-electron chi connectivity index (χ1n) is 4.60. The molecule has 0 bridgehead atoms. The number of fused-ring (bicyclic) bond motifs is 1. The second kappa shape index (κ2) is 2.75. The predicted molar refractivity (Wildman–Crippen MR) is 47.9 cm³/mol. The van der Waals surface area contributed by atoms with E-state index in [4.69, 9.17) is 0 Å². The van der Waals surface area contributed by atoms with Gasteiger partial charge < -0.3 is 0 Å². The Morgan fingerprint density at radius 3 is 2.57 bits per heavy atom. The third-order valence-electron chi connectivity index (χ3n) is 2.97. The van der Waals surface area contributed by atoms with Crippen molar-refractivity contribution in [2.75, 3.05) is 0 Å². The molecule has 0 heterocycles. The van der Waals surface area contributed by atoms with Crippen LogP contribution in [0.1, 0.15) is 30.0 Å². The number of rotatable bonds is 0. The molecule has 1 aromatic carbocycles. The number of benzene rings is 1. The van der Waals surface area contributed by atoms with Gasteiger partial charge in [0.1, 0.15) is 17.3 Å². The maximum atomic E-state index is 13.8. The van der Waals surface area contributed by atoms with Gasteiger partial charge in [0, 0.05) is 11.6 Å². The van der Waals surface area contributed by atoms with Gasteiger partial charge in [-0.1, -0.05) is 0 Å². The molecule has 0 fully saturated rings. The smallest absolute Gasteiger partial charge is 0.136 e. The van der Waals surface area contributed by atoms with E-state index in [1.54, 1.807) is 6.92 Å². The highest BCUT2D eigenvalue weighted by atomic mass is 19.2. The summed E-state index contributed by atoms with van der Waals surface area (Å²) in [5.41, 5.74) is -0.704. The Morgan fingerprint density at radius 1 is 1.29 bits per heavy atom. The molecule has 0 aliphatic heterocycles.